The van der Waals surface area contributed by atoms with E-state index in [0.29, 0.717) is 16.7 Å². The minimum absolute atomic E-state index is 0.0765. The minimum atomic E-state index is -4.70. The lowest BCUT2D eigenvalue weighted by Gasteiger charge is -2.48. The van der Waals surface area contributed by atoms with Gasteiger partial charge in [0.2, 0.25) is 5.91 Å². The van der Waals surface area contributed by atoms with Gasteiger partial charge in [-0.05, 0) is 77.6 Å². The molecule has 1 saturated heterocycles. The molecule has 3 nitrogen and oxygen atoms in total. The molecule has 3 atom stereocenters. The number of carbonyl (C=O) groups excluding carboxylic acids is 1. The Bertz CT molecular complexity index is 1450. The number of β-lactam (4-membered cyclic amide) rings is 1. The van der Waals surface area contributed by atoms with Crippen LogP contribution in [0.1, 0.15) is 41.7 Å². The largest absolute Gasteiger partial charge is 0.416 e. The first-order valence-corrected chi connectivity index (χ1v) is 12.4. The highest BCUT2D eigenvalue weighted by Crippen LogP contribution is 2.50. The maximum atomic E-state index is 14.4. The molecule has 0 unspecified atom stereocenters. The number of rotatable bonds is 7. The Kier molecular flexibility index (Phi) is 7.23. The first-order valence-electron chi connectivity index (χ1n) is 12.4. The van der Waals surface area contributed by atoms with Crippen LogP contribution in [0.4, 0.5) is 27.6 Å². The highest BCUT2D eigenvalue weighted by molar-refractivity contribution is 6.03. The molecule has 1 heterocycles. The van der Waals surface area contributed by atoms with Gasteiger partial charge in [0.25, 0.3) is 0 Å². The zero-order valence-corrected chi connectivity index (χ0v) is 20.6. The normalized spacial score (nSPS) is 18.1. The summed E-state index contributed by atoms with van der Waals surface area (Å²) in [6, 6.07) is 22.0. The Morgan fingerprint density at radius 3 is 2.03 bits per heavy atom. The maximum absolute atomic E-state index is 14.4. The zero-order valence-electron chi connectivity index (χ0n) is 20.6. The van der Waals surface area contributed by atoms with Crippen molar-refractivity contribution in [2.24, 2.45) is 5.92 Å². The molecule has 1 aliphatic heterocycles. The van der Waals surface area contributed by atoms with Gasteiger partial charge in [0.15, 0.2) is 0 Å². The van der Waals surface area contributed by atoms with Gasteiger partial charge in [-0.15, -0.1) is 0 Å². The highest BCUT2D eigenvalue weighted by Gasteiger charge is 2.51. The van der Waals surface area contributed by atoms with Crippen LogP contribution in [0.15, 0.2) is 97.1 Å². The predicted molar refractivity (Wildman–Crippen MR) is 138 cm³/mol. The fourth-order valence-corrected chi connectivity index (χ4v) is 5.13. The van der Waals surface area contributed by atoms with Crippen LogP contribution in [0.5, 0.6) is 0 Å². The molecule has 0 aromatic heterocycles. The third kappa shape index (κ3) is 5.43. The van der Waals surface area contributed by atoms with Gasteiger partial charge >= 0.3 is 6.18 Å². The highest BCUT2D eigenvalue weighted by atomic mass is 19.4. The molecule has 1 aliphatic rings. The smallest absolute Gasteiger partial charge is 0.388 e. The number of amides is 1. The third-order valence-corrected chi connectivity index (χ3v) is 7.11. The van der Waals surface area contributed by atoms with Crippen molar-refractivity contribution in [2.75, 3.05) is 4.90 Å². The van der Waals surface area contributed by atoms with E-state index in [1.54, 1.807) is 36.4 Å². The van der Waals surface area contributed by atoms with E-state index in [1.165, 1.54) is 47.4 Å². The van der Waals surface area contributed by atoms with Crippen LogP contribution < -0.4 is 4.90 Å². The van der Waals surface area contributed by atoms with Crippen molar-refractivity contribution in [1.82, 2.24) is 0 Å². The zero-order chi connectivity index (χ0) is 27.7. The number of nitrogens with zero attached hydrogens (tertiary/aromatic N) is 1. The van der Waals surface area contributed by atoms with Crippen LogP contribution in [-0.4, -0.2) is 11.0 Å². The number of anilines is 1. The van der Waals surface area contributed by atoms with Crippen molar-refractivity contribution in [3.05, 3.63) is 125 Å². The summed E-state index contributed by atoms with van der Waals surface area (Å²) in [5.41, 5.74) is 0.785. The molecule has 0 bridgehead atoms. The van der Waals surface area contributed by atoms with Gasteiger partial charge < -0.3 is 10.0 Å². The summed E-state index contributed by atoms with van der Waals surface area (Å²) in [7, 11) is 0. The van der Waals surface area contributed by atoms with Gasteiger partial charge in [-0.1, -0.05) is 54.6 Å². The fourth-order valence-electron chi connectivity index (χ4n) is 5.13. The van der Waals surface area contributed by atoms with E-state index in [9.17, 15) is 31.9 Å². The van der Waals surface area contributed by atoms with Gasteiger partial charge in [-0.25, -0.2) is 8.78 Å². The van der Waals surface area contributed by atoms with Crippen molar-refractivity contribution in [2.45, 2.75) is 31.2 Å². The van der Waals surface area contributed by atoms with Gasteiger partial charge in [-0.3, -0.25) is 4.79 Å². The van der Waals surface area contributed by atoms with Gasteiger partial charge in [0, 0.05) is 5.69 Å². The van der Waals surface area contributed by atoms with Crippen molar-refractivity contribution in [3.63, 3.8) is 0 Å². The third-order valence-electron chi connectivity index (χ3n) is 7.11. The summed E-state index contributed by atoms with van der Waals surface area (Å²) < 4.78 is 70.1. The summed E-state index contributed by atoms with van der Waals surface area (Å²) in [6.07, 6.45) is -5.55. The fraction of sp³-hybridized carbons (Fsp3) is 0.194. The Hall–Kier alpha value is -4.04. The van der Waals surface area contributed by atoms with Crippen LogP contribution >= 0.6 is 0 Å². The molecule has 1 N–H and O–H groups in total. The van der Waals surface area contributed by atoms with Gasteiger partial charge in [0.05, 0.1) is 23.6 Å². The summed E-state index contributed by atoms with van der Waals surface area (Å²) in [5, 5.41) is 10.6. The van der Waals surface area contributed by atoms with Crippen LogP contribution in [0, 0.1) is 17.6 Å². The van der Waals surface area contributed by atoms with E-state index in [-0.39, 0.29) is 24.1 Å². The number of hydrogen-bond donors (Lipinski definition) is 1. The first kappa shape index (κ1) is 26.6. The van der Waals surface area contributed by atoms with E-state index in [1.807, 2.05) is 0 Å². The molecule has 0 aliphatic carbocycles. The summed E-state index contributed by atoms with van der Waals surface area (Å²) in [5.74, 6) is -2.27. The van der Waals surface area contributed by atoms with Crippen LogP contribution in [-0.2, 0) is 11.0 Å². The molecule has 0 spiro atoms. The van der Waals surface area contributed by atoms with Gasteiger partial charge in [0.1, 0.15) is 11.6 Å². The lowest BCUT2D eigenvalue weighted by atomic mass is 9.76. The Labute approximate surface area is 222 Å². The molecular weight excluding hydrogens is 513 g/mol. The Morgan fingerprint density at radius 1 is 0.795 bits per heavy atom. The number of aliphatic hydroxyl groups is 1. The van der Waals surface area contributed by atoms with E-state index in [0.717, 1.165) is 18.2 Å². The second kappa shape index (κ2) is 10.6. The van der Waals surface area contributed by atoms with Crippen molar-refractivity contribution in [1.29, 1.82) is 0 Å². The SMILES string of the molecule is O=C1[C@H](CC[C@H](O)c2ccc(F)cc2)[C@@H](c2ccc(-c3ccccc3)cc2C(F)(F)F)N1c1ccc(F)cc1. The Morgan fingerprint density at radius 2 is 1.41 bits per heavy atom. The average Bonchev–Trinajstić information content (AvgIpc) is 2.92. The molecule has 5 rings (SSSR count). The van der Waals surface area contributed by atoms with Crippen LogP contribution in [0.25, 0.3) is 11.1 Å². The summed E-state index contributed by atoms with van der Waals surface area (Å²) >= 11 is 0. The number of aliphatic hydroxyl groups excluding tert-OH is 1. The van der Waals surface area contributed by atoms with E-state index >= 15 is 0 Å². The topological polar surface area (TPSA) is 40.5 Å². The van der Waals surface area contributed by atoms with Gasteiger partial charge in [-0.2, -0.15) is 13.2 Å². The van der Waals surface area contributed by atoms with Crippen molar-refractivity contribution < 1.29 is 31.9 Å². The van der Waals surface area contributed by atoms with E-state index in [2.05, 4.69) is 0 Å². The standard InChI is InChI=1S/C31H24F5NO2/c32-22-9-6-20(7-10-22)28(38)17-16-26-29(37(30(26)39)24-13-11-23(33)12-14-24)25-15-8-21(18-27(25)31(34,35)36)19-4-2-1-3-5-19/h1-15,18,26,28-29,38H,16-17H2/t26-,28+,29-/m1/s1. The molecule has 39 heavy (non-hydrogen) atoms. The summed E-state index contributed by atoms with van der Waals surface area (Å²) in [6.45, 7) is 0. The van der Waals surface area contributed by atoms with Crippen molar-refractivity contribution >= 4 is 11.6 Å². The lowest BCUT2D eigenvalue weighted by Crippen LogP contribution is -2.55. The molecule has 200 valence electrons. The monoisotopic (exact) mass is 537 g/mol. The molecule has 4 aromatic carbocycles. The second-order valence-electron chi connectivity index (χ2n) is 9.55. The molecule has 0 saturated carbocycles. The number of alkyl halides is 3. The van der Waals surface area contributed by atoms with E-state index in [4.69, 9.17) is 0 Å². The molecule has 0 radical (unpaired) electrons. The quantitative estimate of drug-likeness (QED) is 0.193. The molecule has 8 heteroatoms. The summed E-state index contributed by atoms with van der Waals surface area (Å²) in [4.78, 5) is 14.5. The first-order chi connectivity index (χ1) is 18.6. The van der Waals surface area contributed by atoms with E-state index < -0.39 is 47.3 Å². The Balaban J connectivity index is 1.52. The second-order valence-corrected chi connectivity index (χ2v) is 9.55. The van der Waals surface area contributed by atoms with Crippen LogP contribution in [0.3, 0.4) is 0 Å². The molecule has 1 amide bonds. The number of hydrogen-bond acceptors (Lipinski definition) is 2. The number of halogens is 5. The molecule has 4 aromatic rings. The predicted octanol–water partition coefficient (Wildman–Crippen LogP) is 7.87. The minimum Gasteiger partial charge on any atom is -0.388 e. The lowest BCUT2D eigenvalue weighted by molar-refractivity contribution is -0.140. The molecular formula is C31H24F5NO2. The average molecular weight is 538 g/mol. The number of benzene rings is 4. The maximum Gasteiger partial charge on any atom is 0.416 e. The molecule has 1 fully saturated rings. The van der Waals surface area contributed by atoms with Crippen molar-refractivity contribution in [3.8, 4) is 11.1 Å². The number of carbonyl (C=O) groups is 1. The van der Waals surface area contributed by atoms with Crippen LogP contribution in [0.2, 0.25) is 0 Å².